The summed E-state index contributed by atoms with van der Waals surface area (Å²) in [6.07, 6.45) is 1.44. The maximum atomic E-state index is 8.68. The zero-order valence-electron chi connectivity index (χ0n) is 3.89. The van der Waals surface area contributed by atoms with Crippen molar-refractivity contribution < 1.29 is 5.11 Å². The summed E-state index contributed by atoms with van der Waals surface area (Å²) >= 11 is 6.72. The average molecular weight is 150 g/mol. The lowest BCUT2D eigenvalue weighted by Crippen LogP contribution is -2.03. The van der Waals surface area contributed by atoms with Gasteiger partial charge in [-0.3, -0.25) is 4.72 Å². The molecular formula is C4H4ClNOS. The molecule has 2 nitrogen and oxygen atoms in total. The molecule has 0 aromatic carbocycles. The van der Waals surface area contributed by atoms with Crippen LogP contribution in [0.4, 0.5) is 0 Å². The maximum Gasteiger partial charge on any atom is 0.196 e. The summed E-state index contributed by atoms with van der Waals surface area (Å²) in [6.45, 7) is 0. The van der Waals surface area contributed by atoms with Gasteiger partial charge in [0.1, 0.15) is 0 Å². The van der Waals surface area contributed by atoms with Crippen LogP contribution in [0.15, 0.2) is 22.4 Å². The fraction of sp³-hybridized carbons (Fsp3) is 0. The van der Waals surface area contributed by atoms with E-state index in [1.807, 2.05) is 0 Å². The van der Waals surface area contributed by atoms with E-state index in [2.05, 4.69) is 4.72 Å². The third kappa shape index (κ3) is 1.35. The minimum absolute atomic E-state index is 0.0995. The van der Waals surface area contributed by atoms with Gasteiger partial charge >= 0.3 is 0 Å². The van der Waals surface area contributed by atoms with Crippen LogP contribution in [0, 0.1) is 0 Å². The number of aliphatic hydroxyl groups excluding tert-OH is 1. The summed E-state index contributed by atoms with van der Waals surface area (Å²) in [4.78, 5) is 0. The normalized spacial score (nSPS) is 18.6. The van der Waals surface area contributed by atoms with Crippen LogP contribution in [-0.2, 0) is 0 Å². The van der Waals surface area contributed by atoms with Gasteiger partial charge in [-0.1, -0.05) is 11.6 Å². The average Bonchev–Trinajstić information content (AvgIpc) is 1.64. The molecule has 0 aliphatic carbocycles. The van der Waals surface area contributed by atoms with Crippen molar-refractivity contribution in [2.24, 2.45) is 0 Å². The molecule has 0 fully saturated rings. The van der Waals surface area contributed by atoms with Crippen molar-refractivity contribution in [3.05, 3.63) is 22.4 Å². The van der Waals surface area contributed by atoms with Gasteiger partial charge in [0, 0.05) is 11.5 Å². The standard InChI is InChI=1S/C4H4ClNOS/c5-3-1-4(7)6-8-2-3/h1-2,6-7H. The fourth-order valence-corrected chi connectivity index (χ4v) is 0.996. The van der Waals surface area contributed by atoms with Crippen LogP contribution in [0.3, 0.4) is 0 Å². The molecule has 0 spiro atoms. The predicted molar refractivity (Wildman–Crippen MR) is 35.4 cm³/mol. The van der Waals surface area contributed by atoms with Crippen molar-refractivity contribution in [2.75, 3.05) is 0 Å². The molecule has 0 unspecified atom stereocenters. The Labute approximate surface area is 56.4 Å². The largest absolute Gasteiger partial charge is 0.494 e. The van der Waals surface area contributed by atoms with E-state index in [1.54, 1.807) is 5.41 Å². The molecule has 0 saturated carbocycles. The molecule has 0 aromatic heterocycles. The van der Waals surface area contributed by atoms with Crippen LogP contribution < -0.4 is 4.72 Å². The van der Waals surface area contributed by atoms with Gasteiger partial charge in [-0.15, -0.1) is 0 Å². The van der Waals surface area contributed by atoms with Crippen LogP contribution in [0.5, 0.6) is 0 Å². The lowest BCUT2D eigenvalue weighted by Gasteiger charge is -2.04. The second-order valence-electron chi connectivity index (χ2n) is 1.25. The molecule has 0 amide bonds. The molecule has 8 heavy (non-hydrogen) atoms. The van der Waals surface area contributed by atoms with Gasteiger partial charge in [-0.2, -0.15) is 0 Å². The van der Waals surface area contributed by atoms with E-state index in [4.69, 9.17) is 16.7 Å². The minimum atomic E-state index is 0.0995. The number of aliphatic hydroxyl groups is 1. The highest BCUT2D eigenvalue weighted by Gasteiger charge is 1.98. The Morgan fingerprint density at radius 2 is 2.50 bits per heavy atom. The third-order valence-corrected chi connectivity index (χ3v) is 1.66. The monoisotopic (exact) mass is 149 g/mol. The summed E-state index contributed by atoms with van der Waals surface area (Å²) < 4.78 is 2.58. The Morgan fingerprint density at radius 1 is 1.75 bits per heavy atom. The summed E-state index contributed by atoms with van der Waals surface area (Å²) in [5.74, 6) is 0.0995. The first-order valence-electron chi connectivity index (χ1n) is 1.97. The van der Waals surface area contributed by atoms with Gasteiger partial charge in [0.2, 0.25) is 0 Å². The molecule has 0 atom stereocenters. The molecule has 0 radical (unpaired) electrons. The lowest BCUT2D eigenvalue weighted by atomic mass is 10.6. The molecule has 1 heterocycles. The molecule has 4 heteroatoms. The molecular weight excluding hydrogens is 146 g/mol. The van der Waals surface area contributed by atoms with Crippen LogP contribution >= 0.6 is 23.5 Å². The maximum absolute atomic E-state index is 8.68. The number of hydrogen-bond donors (Lipinski definition) is 2. The second-order valence-corrected chi connectivity index (χ2v) is 2.36. The van der Waals surface area contributed by atoms with Gasteiger partial charge in [0.15, 0.2) is 5.88 Å². The second kappa shape index (κ2) is 2.33. The number of hydrogen-bond acceptors (Lipinski definition) is 3. The van der Waals surface area contributed by atoms with Crippen molar-refractivity contribution in [3.63, 3.8) is 0 Å². The van der Waals surface area contributed by atoms with Gasteiger partial charge in [0.05, 0.1) is 5.03 Å². The fourth-order valence-electron chi connectivity index (χ4n) is 0.340. The molecule has 1 rings (SSSR count). The number of allylic oxidation sites excluding steroid dienone is 2. The zero-order valence-corrected chi connectivity index (χ0v) is 5.46. The van der Waals surface area contributed by atoms with Crippen molar-refractivity contribution >= 4 is 23.5 Å². The quantitative estimate of drug-likeness (QED) is 0.515. The van der Waals surface area contributed by atoms with Gasteiger partial charge in [0.25, 0.3) is 0 Å². The molecule has 0 aromatic rings. The highest BCUT2D eigenvalue weighted by Crippen LogP contribution is 2.16. The molecule has 0 saturated heterocycles. The number of halogens is 1. The van der Waals surface area contributed by atoms with Crippen molar-refractivity contribution in [1.82, 2.24) is 4.72 Å². The number of nitrogens with one attached hydrogen (secondary N) is 1. The first kappa shape index (κ1) is 5.85. The van der Waals surface area contributed by atoms with E-state index in [1.165, 1.54) is 18.0 Å². The minimum Gasteiger partial charge on any atom is -0.494 e. The first-order chi connectivity index (χ1) is 3.79. The summed E-state index contributed by atoms with van der Waals surface area (Å²) in [5, 5.41) is 10.9. The SMILES string of the molecule is OC1=CC(Cl)=CSN1. The summed E-state index contributed by atoms with van der Waals surface area (Å²) in [7, 11) is 0. The molecule has 1 aliphatic heterocycles. The zero-order chi connectivity index (χ0) is 5.98. The Hall–Kier alpha value is -0.280. The van der Waals surface area contributed by atoms with Gasteiger partial charge < -0.3 is 5.11 Å². The van der Waals surface area contributed by atoms with E-state index in [9.17, 15) is 0 Å². The van der Waals surface area contributed by atoms with E-state index in [0.29, 0.717) is 5.03 Å². The highest BCUT2D eigenvalue weighted by atomic mass is 35.5. The first-order valence-corrected chi connectivity index (χ1v) is 3.23. The Kier molecular flexibility index (Phi) is 1.70. The highest BCUT2D eigenvalue weighted by molar-refractivity contribution is 8.00. The van der Waals surface area contributed by atoms with E-state index in [-0.39, 0.29) is 5.88 Å². The molecule has 1 aliphatic rings. The molecule has 2 N–H and O–H groups in total. The van der Waals surface area contributed by atoms with Crippen molar-refractivity contribution in [3.8, 4) is 0 Å². The predicted octanol–water partition coefficient (Wildman–Crippen LogP) is 1.72. The topological polar surface area (TPSA) is 32.3 Å². The Bertz CT molecular complexity index is 154. The van der Waals surface area contributed by atoms with E-state index < -0.39 is 0 Å². The van der Waals surface area contributed by atoms with Crippen LogP contribution in [0.25, 0.3) is 0 Å². The van der Waals surface area contributed by atoms with Crippen molar-refractivity contribution in [2.45, 2.75) is 0 Å². The van der Waals surface area contributed by atoms with Gasteiger partial charge in [-0.25, -0.2) is 0 Å². The third-order valence-electron chi connectivity index (χ3n) is 0.610. The lowest BCUT2D eigenvalue weighted by molar-refractivity contribution is 0.394. The Morgan fingerprint density at radius 3 is 2.88 bits per heavy atom. The van der Waals surface area contributed by atoms with Crippen LogP contribution in [0.2, 0.25) is 0 Å². The Balaban J connectivity index is 2.69. The molecule has 0 bridgehead atoms. The smallest absolute Gasteiger partial charge is 0.196 e. The van der Waals surface area contributed by atoms with Crippen molar-refractivity contribution in [1.29, 1.82) is 0 Å². The van der Waals surface area contributed by atoms with Gasteiger partial charge in [-0.05, 0) is 11.9 Å². The summed E-state index contributed by atoms with van der Waals surface area (Å²) in [5.41, 5.74) is 0. The van der Waals surface area contributed by atoms with E-state index in [0.717, 1.165) is 0 Å². The van der Waals surface area contributed by atoms with E-state index >= 15 is 0 Å². The molecule has 44 valence electrons. The number of rotatable bonds is 0. The van der Waals surface area contributed by atoms with Crippen LogP contribution in [-0.4, -0.2) is 5.11 Å². The van der Waals surface area contributed by atoms with Crippen LogP contribution in [0.1, 0.15) is 0 Å². The summed E-state index contributed by atoms with van der Waals surface area (Å²) in [6, 6.07) is 0.